The standard InChI is InChI=1S/C28H32N2O11S/c1-4-8-42-10-12-11-6-5-7-13(31)16(11)22(35)18-17(12)24(41-15(34)9-14(32)33)20-21(30(2)3)23(36)19(27(29)39)26(38)28(20,40)25(18)37/h5-7,12,17,20-21,24,31,35,38,40H,4,8-10H2,1-3H3,(H2,29,39)(H,32,33)/t12-,17+,20+,21-,24-,28-/m1/s1. The van der Waals surface area contributed by atoms with E-state index in [0.29, 0.717) is 11.3 Å². The highest BCUT2D eigenvalue weighted by Gasteiger charge is 2.69. The molecular formula is C28H32N2O11S. The normalized spacial score (nSPS) is 28.7. The van der Waals surface area contributed by atoms with Crippen molar-refractivity contribution < 1.29 is 54.2 Å². The first-order valence-electron chi connectivity index (χ1n) is 13.2. The van der Waals surface area contributed by atoms with E-state index in [4.69, 9.17) is 10.5 Å². The molecule has 0 spiro atoms. The second-order valence-corrected chi connectivity index (χ2v) is 11.9. The number of rotatable bonds is 9. The largest absolute Gasteiger partial charge is 0.508 e. The van der Waals surface area contributed by atoms with Gasteiger partial charge in [0.25, 0.3) is 5.91 Å². The number of amides is 1. The number of ether oxygens (including phenoxy) is 1. The Kier molecular flexibility index (Phi) is 8.45. The van der Waals surface area contributed by atoms with Crippen molar-refractivity contribution in [3.05, 3.63) is 46.2 Å². The number of aliphatic hydroxyl groups is 3. The first-order chi connectivity index (χ1) is 19.7. The van der Waals surface area contributed by atoms with Crippen LogP contribution in [0.4, 0.5) is 0 Å². The van der Waals surface area contributed by atoms with E-state index in [1.807, 2.05) is 6.92 Å². The second kappa shape index (κ2) is 11.4. The van der Waals surface area contributed by atoms with Crippen LogP contribution in [0.5, 0.6) is 5.75 Å². The highest BCUT2D eigenvalue weighted by atomic mass is 32.2. The molecule has 1 aromatic rings. The zero-order chi connectivity index (χ0) is 31.3. The number of hydrogen-bond donors (Lipinski definition) is 6. The maximum absolute atomic E-state index is 14.3. The number of carbonyl (C=O) groups is 5. The molecule has 1 fully saturated rings. The summed E-state index contributed by atoms with van der Waals surface area (Å²) in [5.41, 5.74) is 1.00. The predicted molar refractivity (Wildman–Crippen MR) is 148 cm³/mol. The fourth-order valence-electron chi connectivity index (χ4n) is 6.38. The van der Waals surface area contributed by atoms with E-state index in [-0.39, 0.29) is 17.1 Å². The molecule has 6 atom stereocenters. The number of phenols is 1. The summed E-state index contributed by atoms with van der Waals surface area (Å²) in [7, 11) is 2.80. The summed E-state index contributed by atoms with van der Waals surface area (Å²) in [6, 6.07) is 2.86. The van der Waals surface area contributed by atoms with Crippen LogP contribution in [-0.2, 0) is 28.7 Å². The molecule has 0 aromatic heterocycles. The van der Waals surface area contributed by atoms with Crippen molar-refractivity contribution in [3.8, 4) is 5.75 Å². The van der Waals surface area contributed by atoms with Crippen LogP contribution >= 0.6 is 11.8 Å². The van der Waals surface area contributed by atoms with Gasteiger partial charge < -0.3 is 36.0 Å². The molecule has 0 saturated heterocycles. The van der Waals surface area contributed by atoms with Crippen LogP contribution in [0.25, 0.3) is 5.76 Å². The molecule has 3 aliphatic rings. The number of hydrogen-bond acceptors (Lipinski definition) is 12. The van der Waals surface area contributed by atoms with E-state index in [0.717, 1.165) is 6.42 Å². The first-order valence-corrected chi connectivity index (χ1v) is 14.3. The van der Waals surface area contributed by atoms with Gasteiger partial charge in [-0.25, -0.2) is 0 Å². The number of nitrogens with zero attached hydrogens (tertiary/aromatic N) is 1. The molecule has 7 N–H and O–H groups in total. The van der Waals surface area contributed by atoms with E-state index in [1.165, 1.54) is 42.9 Å². The third kappa shape index (κ3) is 4.72. The van der Waals surface area contributed by atoms with Gasteiger partial charge in [0.05, 0.1) is 17.5 Å². The minimum absolute atomic E-state index is 0.105. The van der Waals surface area contributed by atoms with E-state index in [9.17, 15) is 49.5 Å². The predicted octanol–water partition coefficient (Wildman–Crippen LogP) is 0.645. The van der Waals surface area contributed by atoms with Gasteiger partial charge in [-0.2, -0.15) is 11.8 Å². The van der Waals surface area contributed by atoms with Gasteiger partial charge in [-0.05, 0) is 37.9 Å². The molecule has 226 valence electrons. The number of aliphatic hydroxyl groups excluding tert-OH is 2. The topological polar surface area (TPSA) is 225 Å². The first kappa shape index (κ1) is 31.1. The fraction of sp³-hybridized carbons (Fsp3) is 0.464. The molecule has 1 saturated carbocycles. The molecule has 13 nitrogen and oxygen atoms in total. The van der Waals surface area contributed by atoms with Crippen LogP contribution in [0.15, 0.2) is 35.1 Å². The maximum atomic E-state index is 14.3. The van der Waals surface area contributed by atoms with Gasteiger partial charge in [-0.1, -0.05) is 19.1 Å². The van der Waals surface area contributed by atoms with E-state index < -0.39 is 94.0 Å². The number of aromatic hydroxyl groups is 1. The summed E-state index contributed by atoms with van der Waals surface area (Å²) in [6.07, 6.45) is -1.99. The fourth-order valence-corrected chi connectivity index (χ4v) is 7.47. The third-order valence-corrected chi connectivity index (χ3v) is 9.27. The molecule has 0 bridgehead atoms. The number of benzene rings is 1. The molecular weight excluding hydrogens is 572 g/mol. The number of carboxylic acid groups (broad SMARTS) is 1. The smallest absolute Gasteiger partial charge is 0.317 e. The van der Waals surface area contributed by atoms with Gasteiger partial charge >= 0.3 is 11.9 Å². The van der Waals surface area contributed by atoms with Crippen LogP contribution in [0.3, 0.4) is 0 Å². The van der Waals surface area contributed by atoms with E-state index in [2.05, 4.69) is 0 Å². The Morgan fingerprint density at radius 1 is 1.14 bits per heavy atom. The number of phenolic OH excluding ortho intramolecular Hbond substituents is 1. The number of carbonyl (C=O) groups excluding carboxylic acids is 4. The second-order valence-electron chi connectivity index (χ2n) is 10.7. The van der Waals surface area contributed by atoms with Crippen LogP contribution in [0.2, 0.25) is 0 Å². The SMILES string of the molecule is CCCSC[C@@H]1c2cccc(O)c2C(O)=C2C(=O)[C@@]3(O)C(O)=C(C(N)=O)C(=O)[C@H](N(C)C)[C@H]3[C@H](OC(=O)CC(=O)O)[C@H]21. The van der Waals surface area contributed by atoms with Crippen LogP contribution in [-0.4, -0.2) is 103 Å². The highest BCUT2D eigenvalue weighted by molar-refractivity contribution is 7.99. The number of carboxylic acids is 1. The Hall–Kier alpha value is -3.88. The molecule has 14 heteroatoms. The van der Waals surface area contributed by atoms with Crippen molar-refractivity contribution in [2.75, 3.05) is 25.6 Å². The third-order valence-electron chi connectivity index (χ3n) is 7.98. The molecule has 1 aromatic carbocycles. The average Bonchev–Trinajstić information content (AvgIpc) is 2.88. The number of likely N-dealkylation sites (N-methyl/N-ethyl adjacent to an activating group) is 1. The maximum Gasteiger partial charge on any atom is 0.317 e. The minimum atomic E-state index is -3.11. The van der Waals surface area contributed by atoms with Crippen molar-refractivity contribution in [2.24, 2.45) is 17.6 Å². The molecule has 3 aliphatic carbocycles. The number of esters is 1. The zero-order valence-corrected chi connectivity index (χ0v) is 23.9. The number of nitrogens with two attached hydrogens (primary N) is 1. The molecule has 4 rings (SSSR count). The quantitative estimate of drug-likeness (QED) is 0.0986. The van der Waals surface area contributed by atoms with Gasteiger partial charge in [0.1, 0.15) is 35.4 Å². The van der Waals surface area contributed by atoms with Crippen LogP contribution in [0, 0.1) is 11.8 Å². The summed E-state index contributed by atoms with van der Waals surface area (Å²) in [5, 5.41) is 54.7. The molecule has 42 heavy (non-hydrogen) atoms. The molecule has 0 heterocycles. The van der Waals surface area contributed by atoms with Crippen LogP contribution < -0.4 is 5.73 Å². The van der Waals surface area contributed by atoms with Crippen molar-refractivity contribution in [1.29, 1.82) is 0 Å². The summed E-state index contributed by atoms with van der Waals surface area (Å²) in [4.78, 5) is 65.7. The number of ketones is 2. The summed E-state index contributed by atoms with van der Waals surface area (Å²) >= 11 is 1.47. The lowest BCUT2D eigenvalue weighted by Gasteiger charge is -2.54. The van der Waals surface area contributed by atoms with E-state index >= 15 is 0 Å². The lowest BCUT2D eigenvalue weighted by molar-refractivity contribution is -0.186. The van der Waals surface area contributed by atoms with Crippen molar-refractivity contribution in [1.82, 2.24) is 4.90 Å². The van der Waals surface area contributed by atoms with Crippen LogP contribution in [0.1, 0.15) is 36.8 Å². The van der Waals surface area contributed by atoms with Gasteiger partial charge in [-0.15, -0.1) is 0 Å². The molecule has 0 unspecified atom stereocenters. The van der Waals surface area contributed by atoms with E-state index in [1.54, 1.807) is 6.07 Å². The molecule has 0 radical (unpaired) electrons. The van der Waals surface area contributed by atoms with Gasteiger partial charge in [0, 0.05) is 23.2 Å². The number of fused-ring (bicyclic) bond motifs is 3. The lowest BCUT2D eigenvalue weighted by atomic mass is 9.54. The highest BCUT2D eigenvalue weighted by Crippen LogP contribution is 2.57. The zero-order valence-electron chi connectivity index (χ0n) is 23.1. The Bertz CT molecular complexity index is 1430. The molecule has 0 aliphatic heterocycles. The van der Waals surface area contributed by atoms with Crippen molar-refractivity contribution >= 4 is 46.9 Å². The monoisotopic (exact) mass is 604 g/mol. The van der Waals surface area contributed by atoms with Gasteiger partial charge in [0.2, 0.25) is 5.78 Å². The number of aliphatic carboxylic acids is 1. The summed E-state index contributed by atoms with van der Waals surface area (Å²) in [6.45, 7) is 1.95. The summed E-state index contributed by atoms with van der Waals surface area (Å²) < 4.78 is 5.68. The number of Topliss-reactive ketones (excluding diaryl/α,β-unsaturated/α-hetero) is 2. The lowest BCUT2D eigenvalue weighted by Crippen LogP contribution is -2.71. The summed E-state index contributed by atoms with van der Waals surface area (Å²) in [5.74, 6) is -11.9. The molecule has 1 amide bonds. The Morgan fingerprint density at radius 3 is 2.38 bits per heavy atom. The van der Waals surface area contributed by atoms with Crippen molar-refractivity contribution in [3.63, 3.8) is 0 Å². The number of thioether (sulfide) groups is 1. The van der Waals surface area contributed by atoms with Crippen molar-refractivity contribution in [2.45, 2.75) is 43.4 Å². The average molecular weight is 605 g/mol. The Balaban J connectivity index is 2.09. The van der Waals surface area contributed by atoms with Gasteiger partial charge in [0.15, 0.2) is 11.4 Å². The van der Waals surface area contributed by atoms with Gasteiger partial charge in [-0.3, -0.25) is 28.9 Å². The number of primary amides is 1. The Labute approximate surface area is 244 Å². The Morgan fingerprint density at radius 2 is 1.81 bits per heavy atom. The minimum Gasteiger partial charge on any atom is -0.508 e.